The summed E-state index contributed by atoms with van der Waals surface area (Å²) in [7, 11) is 4.22. The first-order chi connectivity index (χ1) is 13.5. The lowest BCUT2D eigenvalue weighted by molar-refractivity contribution is -0.137. The number of nitrogens with zero attached hydrogens (tertiary/aromatic N) is 4. The third-order valence-corrected chi connectivity index (χ3v) is 7.69. The van der Waals surface area contributed by atoms with E-state index in [1.165, 1.54) is 0 Å². The fourth-order valence-electron chi connectivity index (χ4n) is 5.06. The van der Waals surface area contributed by atoms with Crippen molar-refractivity contribution in [3.05, 3.63) is 22.4 Å². The maximum Gasteiger partial charge on any atom is 0.240 e. The van der Waals surface area contributed by atoms with Crippen molar-refractivity contribution >= 4 is 23.2 Å². The molecule has 0 bridgehead atoms. The Morgan fingerprint density at radius 2 is 1.79 bits per heavy atom. The molecule has 1 spiro atoms. The fourth-order valence-corrected chi connectivity index (χ4v) is 5.72. The summed E-state index contributed by atoms with van der Waals surface area (Å²) >= 11 is 1.64. The van der Waals surface area contributed by atoms with Gasteiger partial charge >= 0.3 is 0 Å². The standard InChI is InChI=1S/C21H32N4O2S/c1-22-8-10-25(11-9-22)20(27)18-14-21(16-23(18)2)4-6-24(7-5-21)19(26)13-17-3-12-28-15-17/h3,12,15,18H,4-11,13-14,16H2,1-2H3. The topological polar surface area (TPSA) is 47.1 Å². The molecule has 2 amide bonds. The summed E-state index contributed by atoms with van der Waals surface area (Å²) in [5.74, 6) is 0.549. The minimum absolute atomic E-state index is 0.0106. The largest absolute Gasteiger partial charge is 0.342 e. The number of carbonyl (C=O) groups excluding carboxylic acids is 2. The van der Waals surface area contributed by atoms with Crippen molar-refractivity contribution in [1.29, 1.82) is 0 Å². The lowest BCUT2D eigenvalue weighted by atomic mass is 9.76. The van der Waals surface area contributed by atoms with E-state index in [1.54, 1.807) is 11.3 Å². The summed E-state index contributed by atoms with van der Waals surface area (Å²) in [6.45, 7) is 6.25. The van der Waals surface area contributed by atoms with Crippen molar-refractivity contribution in [3.63, 3.8) is 0 Å². The minimum Gasteiger partial charge on any atom is -0.342 e. The number of thiophene rings is 1. The maximum atomic E-state index is 13.1. The monoisotopic (exact) mass is 404 g/mol. The van der Waals surface area contributed by atoms with Crippen molar-refractivity contribution in [3.8, 4) is 0 Å². The van der Waals surface area contributed by atoms with Gasteiger partial charge in [-0.05, 0) is 61.2 Å². The Morgan fingerprint density at radius 1 is 1.07 bits per heavy atom. The van der Waals surface area contributed by atoms with Crippen LogP contribution in [0.5, 0.6) is 0 Å². The molecule has 0 radical (unpaired) electrons. The molecule has 3 fully saturated rings. The Labute approximate surface area is 172 Å². The zero-order valence-electron chi connectivity index (χ0n) is 17.1. The lowest BCUT2D eigenvalue weighted by Gasteiger charge is -2.39. The zero-order chi connectivity index (χ0) is 19.7. The van der Waals surface area contributed by atoms with Gasteiger partial charge in [-0.3, -0.25) is 14.5 Å². The predicted octanol–water partition coefficient (Wildman–Crippen LogP) is 1.38. The molecule has 4 heterocycles. The van der Waals surface area contributed by atoms with Gasteiger partial charge in [0, 0.05) is 45.8 Å². The number of carbonyl (C=O) groups is 2. The molecule has 1 aromatic rings. The van der Waals surface area contributed by atoms with Crippen molar-refractivity contribution in [2.45, 2.75) is 31.7 Å². The highest BCUT2D eigenvalue weighted by molar-refractivity contribution is 7.08. The number of piperazine rings is 1. The fraction of sp³-hybridized carbons (Fsp3) is 0.714. The molecule has 1 unspecified atom stereocenters. The lowest BCUT2D eigenvalue weighted by Crippen LogP contribution is -2.52. The van der Waals surface area contributed by atoms with Gasteiger partial charge in [-0.1, -0.05) is 0 Å². The Morgan fingerprint density at radius 3 is 2.43 bits per heavy atom. The highest BCUT2D eigenvalue weighted by atomic mass is 32.1. The van der Waals surface area contributed by atoms with Crippen molar-refractivity contribution < 1.29 is 9.59 Å². The highest BCUT2D eigenvalue weighted by Gasteiger charge is 2.48. The van der Waals surface area contributed by atoms with Crippen LogP contribution in [0.4, 0.5) is 0 Å². The molecular weight excluding hydrogens is 372 g/mol. The molecule has 7 heteroatoms. The molecule has 1 atom stereocenters. The number of rotatable bonds is 3. The van der Waals surface area contributed by atoms with Gasteiger partial charge in [-0.25, -0.2) is 0 Å². The van der Waals surface area contributed by atoms with Crippen LogP contribution in [0.2, 0.25) is 0 Å². The molecule has 3 aliphatic heterocycles. The van der Waals surface area contributed by atoms with E-state index in [9.17, 15) is 9.59 Å². The molecule has 1 aromatic heterocycles. The average Bonchev–Trinajstić information content (AvgIpc) is 3.30. The molecule has 0 aliphatic carbocycles. The van der Waals surface area contributed by atoms with E-state index in [2.05, 4.69) is 34.2 Å². The van der Waals surface area contributed by atoms with E-state index >= 15 is 0 Å². The van der Waals surface area contributed by atoms with Gasteiger partial charge < -0.3 is 14.7 Å². The quantitative estimate of drug-likeness (QED) is 0.764. The number of likely N-dealkylation sites (tertiary alicyclic amines) is 2. The number of amides is 2. The second-order valence-corrected chi connectivity index (χ2v) is 9.73. The van der Waals surface area contributed by atoms with Crippen molar-refractivity contribution in [1.82, 2.24) is 19.6 Å². The molecule has 3 aliphatic rings. The molecule has 4 rings (SSSR count). The Balaban J connectivity index is 1.32. The van der Waals surface area contributed by atoms with E-state index in [4.69, 9.17) is 0 Å². The second kappa shape index (κ2) is 8.13. The van der Waals surface area contributed by atoms with Gasteiger partial charge in [0.25, 0.3) is 0 Å². The molecule has 0 aromatic carbocycles. The Bertz CT molecular complexity index is 691. The predicted molar refractivity (Wildman–Crippen MR) is 111 cm³/mol. The molecule has 3 saturated heterocycles. The smallest absolute Gasteiger partial charge is 0.240 e. The van der Waals surface area contributed by atoms with Crippen LogP contribution in [0.3, 0.4) is 0 Å². The normalized spacial score (nSPS) is 26.1. The molecule has 154 valence electrons. The van der Waals surface area contributed by atoms with Gasteiger partial charge in [-0.15, -0.1) is 0 Å². The zero-order valence-corrected chi connectivity index (χ0v) is 17.9. The van der Waals surface area contributed by atoms with E-state index in [0.717, 1.165) is 70.6 Å². The van der Waals surface area contributed by atoms with Crippen LogP contribution < -0.4 is 0 Å². The van der Waals surface area contributed by atoms with Crippen LogP contribution >= 0.6 is 11.3 Å². The van der Waals surface area contributed by atoms with Gasteiger partial charge in [0.05, 0.1) is 12.5 Å². The highest BCUT2D eigenvalue weighted by Crippen LogP contribution is 2.43. The van der Waals surface area contributed by atoms with Gasteiger partial charge in [0.15, 0.2) is 0 Å². The summed E-state index contributed by atoms with van der Waals surface area (Å²) in [6.07, 6.45) is 3.49. The van der Waals surface area contributed by atoms with Crippen LogP contribution in [-0.4, -0.2) is 97.4 Å². The van der Waals surface area contributed by atoms with Gasteiger partial charge in [-0.2, -0.15) is 11.3 Å². The third-order valence-electron chi connectivity index (χ3n) is 6.96. The van der Waals surface area contributed by atoms with Crippen LogP contribution in [0.1, 0.15) is 24.8 Å². The van der Waals surface area contributed by atoms with Crippen LogP contribution in [-0.2, 0) is 16.0 Å². The first-order valence-electron chi connectivity index (χ1n) is 10.4. The number of hydrogen-bond donors (Lipinski definition) is 0. The summed E-state index contributed by atoms with van der Waals surface area (Å²) in [4.78, 5) is 34.3. The summed E-state index contributed by atoms with van der Waals surface area (Å²) in [6, 6.07) is 2.05. The SMILES string of the molecule is CN1CCN(C(=O)C2CC3(CCN(C(=O)Cc4ccsc4)CC3)CN2C)CC1. The third kappa shape index (κ3) is 4.11. The first kappa shape index (κ1) is 19.9. The molecule has 6 nitrogen and oxygen atoms in total. The molecule has 28 heavy (non-hydrogen) atoms. The summed E-state index contributed by atoms with van der Waals surface area (Å²) in [5, 5.41) is 4.09. The van der Waals surface area contributed by atoms with E-state index < -0.39 is 0 Å². The minimum atomic E-state index is 0.0106. The Hall–Kier alpha value is -1.44. The van der Waals surface area contributed by atoms with Crippen molar-refractivity contribution in [2.24, 2.45) is 5.41 Å². The summed E-state index contributed by atoms with van der Waals surface area (Å²) < 4.78 is 0. The van der Waals surface area contributed by atoms with E-state index in [-0.39, 0.29) is 17.4 Å². The van der Waals surface area contributed by atoms with Crippen LogP contribution in [0.25, 0.3) is 0 Å². The number of piperidine rings is 1. The molecule has 0 N–H and O–H groups in total. The van der Waals surface area contributed by atoms with E-state index in [0.29, 0.717) is 12.3 Å². The first-order valence-corrected chi connectivity index (χ1v) is 11.4. The van der Waals surface area contributed by atoms with E-state index in [1.807, 2.05) is 16.3 Å². The summed E-state index contributed by atoms with van der Waals surface area (Å²) in [5.41, 5.74) is 1.31. The Kier molecular flexibility index (Phi) is 5.76. The number of hydrogen-bond acceptors (Lipinski definition) is 5. The molecular formula is C21H32N4O2S. The van der Waals surface area contributed by atoms with Gasteiger partial charge in [0.2, 0.25) is 11.8 Å². The van der Waals surface area contributed by atoms with Gasteiger partial charge in [0.1, 0.15) is 0 Å². The van der Waals surface area contributed by atoms with Crippen molar-refractivity contribution in [2.75, 3.05) is 59.9 Å². The van der Waals surface area contributed by atoms with Crippen LogP contribution in [0.15, 0.2) is 16.8 Å². The van der Waals surface area contributed by atoms with Crippen LogP contribution in [0, 0.1) is 5.41 Å². The second-order valence-electron chi connectivity index (χ2n) is 8.95. The molecule has 0 saturated carbocycles. The average molecular weight is 405 g/mol. The maximum absolute atomic E-state index is 13.1. The number of likely N-dealkylation sites (N-methyl/N-ethyl adjacent to an activating group) is 2.